The summed E-state index contributed by atoms with van der Waals surface area (Å²) in [5, 5.41) is 13.0. The van der Waals surface area contributed by atoms with Crippen LogP contribution in [0.4, 0.5) is 5.69 Å². The van der Waals surface area contributed by atoms with E-state index in [0.29, 0.717) is 36.0 Å². The molecule has 1 unspecified atom stereocenters. The molecule has 2 rings (SSSR count). The molecule has 5 nitrogen and oxygen atoms in total. The smallest absolute Gasteiger partial charge is 0.225 e. The Hall–Kier alpha value is -1.30. The number of halogens is 1. The number of likely N-dealkylation sites (tertiary alicyclic amines) is 1. The number of benzene rings is 1. The van der Waals surface area contributed by atoms with Gasteiger partial charge in [-0.15, -0.1) is 0 Å². The first kappa shape index (κ1) is 16.1. The van der Waals surface area contributed by atoms with Crippen LogP contribution in [0.5, 0.6) is 5.75 Å². The van der Waals surface area contributed by atoms with Gasteiger partial charge in [0.1, 0.15) is 5.75 Å². The van der Waals surface area contributed by atoms with Gasteiger partial charge in [0.25, 0.3) is 0 Å². The van der Waals surface area contributed by atoms with E-state index in [1.54, 1.807) is 25.3 Å². The molecule has 1 amide bonds. The summed E-state index contributed by atoms with van der Waals surface area (Å²) in [6.45, 7) is 2.23. The predicted octanol–water partition coefficient (Wildman–Crippen LogP) is 2.13. The van der Waals surface area contributed by atoms with Gasteiger partial charge < -0.3 is 20.1 Å². The van der Waals surface area contributed by atoms with Crippen LogP contribution < -0.4 is 10.1 Å². The van der Waals surface area contributed by atoms with Gasteiger partial charge in [-0.1, -0.05) is 11.6 Å². The van der Waals surface area contributed by atoms with Crippen LogP contribution >= 0.6 is 11.6 Å². The van der Waals surface area contributed by atoms with Crippen molar-refractivity contribution in [2.24, 2.45) is 0 Å². The minimum absolute atomic E-state index is 0.0874. The maximum atomic E-state index is 12.0. The van der Waals surface area contributed by atoms with Gasteiger partial charge in [0.05, 0.1) is 18.9 Å². The minimum Gasteiger partial charge on any atom is -0.495 e. The number of hydrogen-bond acceptors (Lipinski definition) is 4. The topological polar surface area (TPSA) is 61.8 Å². The zero-order valence-corrected chi connectivity index (χ0v) is 12.9. The lowest BCUT2D eigenvalue weighted by molar-refractivity contribution is -0.116. The Morgan fingerprint density at radius 1 is 1.57 bits per heavy atom. The lowest BCUT2D eigenvalue weighted by atomic mass is 10.1. The van der Waals surface area contributed by atoms with Gasteiger partial charge in [0.15, 0.2) is 0 Å². The first-order valence-electron chi connectivity index (χ1n) is 7.12. The number of β-amino-alcohol motifs (C(OH)–C–C–N with tert-alkyl or cyclic N) is 1. The number of amides is 1. The lowest BCUT2D eigenvalue weighted by Crippen LogP contribution is -2.39. The van der Waals surface area contributed by atoms with Gasteiger partial charge in [-0.05, 0) is 37.6 Å². The zero-order chi connectivity index (χ0) is 15.2. The molecule has 6 heteroatoms. The van der Waals surface area contributed by atoms with E-state index < -0.39 is 0 Å². The van der Waals surface area contributed by atoms with Crippen LogP contribution in [0.3, 0.4) is 0 Å². The van der Waals surface area contributed by atoms with Crippen molar-refractivity contribution in [3.8, 4) is 5.75 Å². The second kappa shape index (κ2) is 7.64. The van der Waals surface area contributed by atoms with Crippen molar-refractivity contribution >= 4 is 23.2 Å². The van der Waals surface area contributed by atoms with E-state index in [2.05, 4.69) is 10.2 Å². The van der Waals surface area contributed by atoms with Crippen molar-refractivity contribution in [1.82, 2.24) is 4.90 Å². The fourth-order valence-electron chi connectivity index (χ4n) is 2.48. The molecule has 1 aromatic carbocycles. The largest absolute Gasteiger partial charge is 0.495 e. The quantitative estimate of drug-likeness (QED) is 0.874. The fourth-order valence-corrected chi connectivity index (χ4v) is 2.66. The third-order valence-corrected chi connectivity index (χ3v) is 3.81. The Bertz CT molecular complexity index is 496. The molecule has 1 heterocycles. The van der Waals surface area contributed by atoms with Gasteiger partial charge in [0, 0.05) is 24.5 Å². The molecule has 0 bridgehead atoms. The highest BCUT2D eigenvalue weighted by Crippen LogP contribution is 2.27. The van der Waals surface area contributed by atoms with Gasteiger partial charge in [-0.3, -0.25) is 4.79 Å². The van der Waals surface area contributed by atoms with E-state index in [9.17, 15) is 9.90 Å². The number of aliphatic hydroxyl groups is 1. The van der Waals surface area contributed by atoms with E-state index >= 15 is 0 Å². The van der Waals surface area contributed by atoms with Crippen molar-refractivity contribution in [1.29, 1.82) is 0 Å². The van der Waals surface area contributed by atoms with Gasteiger partial charge in [-0.2, -0.15) is 0 Å². The van der Waals surface area contributed by atoms with Crippen LogP contribution in [-0.2, 0) is 4.79 Å². The third kappa shape index (κ3) is 4.88. The number of nitrogens with zero attached hydrogens (tertiary/aromatic N) is 1. The molecule has 0 saturated carbocycles. The summed E-state index contributed by atoms with van der Waals surface area (Å²) in [5.41, 5.74) is 0.577. The number of ether oxygens (including phenoxy) is 1. The highest BCUT2D eigenvalue weighted by molar-refractivity contribution is 6.31. The fraction of sp³-hybridized carbons (Fsp3) is 0.533. The van der Waals surface area contributed by atoms with Crippen molar-refractivity contribution in [2.75, 3.05) is 32.1 Å². The number of aliphatic hydroxyl groups excluding tert-OH is 1. The van der Waals surface area contributed by atoms with Crippen LogP contribution in [-0.4, -0.2) is 48.8 Å². The van der Waals surface area contributed by atoms with E-state index in [0.717, 1.165) is 19.4 Å². The first-order chi connectivity index (χ1) is 10.1. The number of methoxy groups -OCH3 is 1. The molecular formula is C15H21ClN2O3. The number of carbonyl (C=O) groups excluding carboxylic acids is 1. The summed E-state index contributed by atoms with van der Waals surface area (Å²) >= 11 is 5.93. The molecule has 1 atom stereocenters. The molecule has 0 aliphatic carbocycles. The van der Waals surface area contributed by atoms with Crippen molar-refractivity contribution in [2.45, 2.75) is 25.4 Å². The molecule has 1 aromatic rings. The van der Waals surface area contributed by atoms with Crippen molar-refractivity contribution in [3.05, 3.63) is 23.2 Å². The molecule has 1 aliphatic rings. The number of carbonyl (C=O) groups is 1. The van der Waals surface area contributed by atoms with Crippen LogP contribution in [0.15, 0.2) is 18.2 Å². The summed E-state index contributed by atoms with van der Waals surface area (Å²) in [7, 11) is 1.55. The van der Waals surface area contributed by atoms with Crippen LogP contribution in [0.25, 0.3) is 0 Å². The number of anilines is 1. The maximum Gasteiger partial charge on any atom is 0.225 e. The van der Waals surface area contributed by atoms with Gasteiger partial charge in [0.2, 0.25) is 5.91 Å². The average molecular weight is 313 g/mol. The molecular weight excluding hydrogens is 292 g/mol. The Morgan fingerprint density at radius 3 is 3.10 bits per heavy atom. The van der Waals surface area contributed by atoms with E-state index in [1.807, 2.05) is 0 Å². The summed E-state index contributed by atoms with van der Waals surface area (Å²) in [4.78, 5) is 14.1. The number of rotatable bonds is 5. The third-order valence-electron chi connectivity index (χ3n) is 3.57. The predicted molar refractivity (Wildman–Crippen MR) is 82.9 cm³/mol. The highest BCUT2D eigenvalue weighted by atomic mass is 35.5. The van der Waals surface area contributed by atoms with Crippen LogP contribution in [0, 0.1) is 0 Å². The Morgan fingerprint density at radius 2 is 2.38 bits per heavy atom. The number of piperidine rings is 1. The number of nitrogens with one attached hydrogen (secondary N) is 1. The van der Waals surface area contributed by atoms with Crippen LogP contribution in [0.1, 0.15) is 19.3 Å². The molecule has 1 fully saturated rings. The minimum atomic E-state index is -0.269. The van der Waals surface area contributed by atoms with Gasteiger partial charge >= 0.3 is 0 Å². The molecule has 0 radical (unpaired) electrons. The monoisotopic (exact) mass is 312 g/mol. The first-order valence-corrected chi connectivity index (χ1v) is 7.50. The maximum absolute atomic E-state index is 12.0. The summed E-state index contributed by atoms with van der Waals surface area (Å²) in [6, 6.07) is 5.10. The molecule has 1 saturated heterocycles. The molecule has 116 valence electrons. The highest BCUT2D eigenvalue weighted by Gasteiger charge is 2.18. The summed E-state index contributed by atoms with van der Waals surface area (Å²) in [6.07, 6.45) is 1.94. The SMILES string of the molecule is COc1ccc(Cl)cc1NC(=O)CCN1CCCC(O)C1. The van der Waals surface area contributed by atoms with E-state index in [4.69, 9.17) is 16.3 Å². The molecule has 21 heavy (non-hydrogen) atoms. The van der Waals surface area contributed by atoms with Crippen LogP contribution in [0.2, 0.25) is 5.02 Å². The second-order valence-electron chi connectivity index (χ2n) is 5.24. The molecule has 1 aliphatic heterocycles. The zero-order valence-electron chi connectivity index (χ0n) is 12.1. The summed E-state index contributed by atoms with van der Waals surface area (Å²) < 4.78 is 5.19. The van der Waals surface area contributed by atoms with Gasteiger partial charge in [-0.25, -0.2) is 0 Å². The van der Waals surface area contributed by atoms with Crippen molar-refractivity contribution in [3.63, 3.8) is 0 Å². The molecule has 2 N–H and O–H groups in total. The van der Waals surface area contributed by atoms with Crippen molar-refractivity contribution < 1.29 is 14.6 Å². The Labute approximate surface area is 129 Å². The summed E-state index contributed by atoms with van der Waals surface area (Å²) in [5.74, 6) is 0.497. The standard InChI is InChI=1S/C15H21ClN2O3/c1-21-14-5-4-11(16)9-13(14)17-15(20)6-8-18-7-2-3-12(19)10-18/h4-5,9,12,19H,2-3,6-8,10H2,1H3,(H,17,20). The Kier molecular flexibility index (Phi) is 5.85. The van der Waals surface area contributed by atoms with E-state index in [-0.39, 0.29) is 12.0 Å². The normalized spacial score (nSPS) is 19.3. The lowest BCUT2D eigenvalue weighted by Gasteiger charge is -2.29. The molecule has 0 aromatic heterocycles. The second-order valence-corrected chi connectivity index (χ2v) is 5.68. The Balaban J connectivity index is 1.85. The number of hydrogen-bond donors (Lipinski definition) is 2. The van der Waals surface area contributed by atoms with E-state index in [1.165, 1.54) is 0 Å². The molecule has 0 spiro atoms. The average Bonchev–Trinajstić information content (AvgIpc) is 2.45.